The fourth-order valence-corrected chi connectivity index (χ4v) is 3.39. The number of hydrogen-bond donors (Lipinski definition) is 0. The van der Waals surface area contributed by atoms with Crippen LogP contribution < -0.4 is 0 Å². The molecule has 0 heterocycles. The number of allylic oxidation sites excluding steroid dienone is 1. The number of ether oxygens (including phenoxy) is 3. The number of carbonyl (C=O) groups excluding carboxylic acids is 3. The predicted octanol–water partition coefficient (Wildman–Crippen LogP) is 2.39. The summed E-state index contributed by atoms with van der Waals surface area (Å²) in [7, 11) is 3.71. The Morgan fingerprint density at radius 3 is 2.08 bits per heavy atom. The van der Waals surface area contributed by atoms with E-state index in [0.29, 0.717) is 24.0 Å². The van der Waals surface area contributed by atoms with Gasteiger partial charge < -0.3 is 14.2 Å². The van der Waals surface area contributed by atoms with Gasteiger partial charge in [-0.1, -0.05) is 36.4 Å². The van der Waals surface area contributed by atoms with E-state index < -0.39 is 29.2 Å². The Kier molecular flexibility index (Phi) is 5.96. The van der Waals surface area contributed by atoms with E-state index in [1.54, 1.807) is 30.3 Å². The van der Waals surface area contributed by atoms with Crippen molar-refractivity contribution < 1.29 is 28.6 Å². The van der Waals surface area contributed by atoms with Crippen LogP contribution in [0, 0.1) is 5.41 Å². The molecule has 6 nitrogen and oxygen atoms in total. The molecule has 0 amide bonds. The van der Waals surface area contributed by atoms with Crippen LogP contribution in [0.3, 0.4) is 0 Å². The predicted molar refractivity (Wildman–Crippen MR) is 89.6 cm³/mol. The van der Waals surface area contributed by atoms with Crippen LogP contribution in [-0.4, -0.2) is 39.2 Å². The average molecular weight is 346 g/mol. The SMILES string of the molecule is COC(=O)C(C1=CCCCC1(C(=O)OC)C(=O)OC)c1ccccc1. The fourth-order valence-electron chi connectivity index (χ4n) is 3.39. The van der Waals surface area contributed by atoms with Crippen molar-refractivity contribution >= 4 is 17.9 Å². The molecule has 0 spiro atoms. The molecule has 0 aliphatic heterocycles. The standard InChI is InChI=1S/C19H22O6/c1-23-16(20)15(13-9-5-4-6-10-13)14-11-7-8-12-19(14,17(21)24-2)18(22)25-3/h4-6,9-11,15H,7-8,12H2,1-3H3. The second kappa shape index (κ2) is 7.96. The lowest BCUT2D eigenvalue weighted by molar-refractivity contribution is -0.167. The summed E-state index contributed by atoms with van der Waals surface area (Å²) in [5.41, 5.74) is -0.647. The molecule has 0 bridgehead atoms. The third kappa shape index (κ3) is 3.29. The summed E-state index contributed by atoms with van der Waals surface area (Å²) in [6.45, 7) is 0. The van der Waals surface area contributed by atoms with Crippen LogP contribution in [0.15, 0.2) is 42.0 Å². The second-order valence-electron chi connectivity index (χ2n) is 5.81. The molecule has 0 radical (unpaired) electrons. The first-order chi connectivity index (χ1) is 12.0. The maximum absolute atomic E-state index is 12.6. The minimum absolute atomic E-state index is 0.221. The lowest BCUT2D eigenvalue weighted by Gasteiger charge is -2.36. The van der Waals surface area contributed by atoms with Gasteiger partial charge in [-0.25, -0.2) is 0 Å². The highest BCUT2D eigenvalue weighted by Gasteiger charge is 2.55. The topological polar surface area (TPSA) is 78.9 Å². The molecule has 2 rings (SSSR count). The van der Waals surface area contributed by atoms with Crippen molar-refractivity contribution in [3.63, 3.8) is 0 Å². The molecular weight excluding hydrogens is 324 g/mol. The maximum Gasteiger partial charge on any atom is 0.327 e. The van der Waals surface area contributed by atoms with E-state index in [0.717, 1.165) is 0 Å². The van der Waals surface area contributed by atoms with Gasteiger partial charge in [0.2, 0.25) is 0 Å². The molecular formula is C19H22O6. The third-order valence-corrected chi connectivity index (χ3v) is 4.56. The van der Waals surface area contributed by atoms with E-state index in [-0.39, 0.29) is 6.42 Å². The lowest BCUT2D eigenvalue weighted by atomic mass is 9.66. The van der Waals surface area contributed by atoms with E-state index in [1.807, 2.05) is 6.07 Å². The van der Waals surface area contributed by atoms with Crippen molar-refractivity contribution in [2.24, 2.45) is 5.41 Å². The van der Waals surface area contributed by atoms with E-state index in [4.69, 9.17) is 14.2 Å². The van der Waals surface area contributed by atoms with Crippen LogP contribution in [0.1, 0.15) is 30.7 Å². The van der Waals surface area contributed by atoms with E-state index in [9.17, 15) is 14.4 Å². The van der Waals surface area contributed by atoms with Crippen LogP contribution in [-0.2, 0) is 28.6 Å². The largest absolute Gasteiger partial charge is 0.468 e. The Hall–Kier alpha value is -2.63. The molecule has 1 aliphatic carbocycles. The van der Waals surface area contributed by atoms with Crippen molar-refractivity contribution in [2.75, 3.05) is 21.3 Å². The Morgan fingerprint density at radius 1 is 0.960 bits per heavy atom. The zero-order chi connectivity index (χ0) is 18.4. The molecule has 1 unspecified atom stereocenters. The van der Waals surface area contributed by atoms with Crippen LogP contribution in [0.2, 0.25) is 0 Å². The molecule has 1 aliphatic rings. The van der Waals surface area contributed by atoms with Crippen LogP contribution >= 0.6 is 0 Å². The molecule has 1 atom stereocenters. The number of carbonyl (C=O) groups is 3. The zero-order valence-electron chi connectivity index (χ0n) is 14.6. The van der Waals surface area contributed by atoms with Gasteiger partial charge >= 0.3 is 17.9 Å². The summed E-state index contributed by atoms with van der Waals surface area (Å²) < 4.78 is 14.8. The Labute approximate surface area is 146 Å². The number of hydrogen-bond acceptors (Lipinski definition) is 6. The normalized spacial score (nSPS) is 17.0. The highest BCUT2D eigenvalue weighted by Crippen LogP contribution is 2.47. The van der Waals surface area contributed by atoms with Crippen molar-refractivity contribution in [1.29, 1.82) is 0 Å². The van der Waals surface area contributed by atoms with Crippen molar-refractivity contribution in [3.05, 3.63) is 47.5 Å². The van der Waals surface area contributed by atoms with Gasteiger partial charge in [-0.15, -0.1) is 0 Å². The van der Waals surface area contributed by atoms with Crippen LogP contribution in [0.4, 0.5) is 0 Å². The van der Waals surface area contributed by atoms with Gasteiger partial charge in [0.1, 0.15) is 5.92 Å². The monoisotopic (exact) mass is 346 g/mol. The van der Waals surface area contributed by atoms with Gasteiger partial charge in [0, 0.05) is 0 Å². The molecule has 0 fully saturated rings. The van der Waals surface area contributed by atoms with Gasteiger partial charge in [-0.2, -0.15) is 0 Å². The molecule has 0 saturated heterocycles. The van der Waals surface area contributed by atoms with Crippen molar-refractivity contribution in [1.82, 2.24) is 0 Å². The number of rotatable bonds is 5. The zero-order valence-corrected chi connectivity index (χ0v) is 14.6. The van der Waals surface area contributed by atoms with E-state index in [1.165, 1.54) is 21.3 Å². The molecule has 6 heteroatoms. The lowest BCUT2D eigenvalue weighted by Crippen LogP contribution is -2.46. The summed E-state index contributed by atoms with van der Waals surface area (Å²) >= 11 is 0. The van der Waals surface area contributed by atoms with E-state index in [2.05, 4.69) is 0 Å². The quantitative estimate of drug-likeness (QED) is 0.352. The Bertz CT molecular complexity index is 660. The highest BCUT2D eigenvalue weighted by atomic mass is 16.5. The van der Waals surface area contributed by atoms with Crippen LogP contribution in [0.25, 0.3) is 0 Å². The minimum Gasteiger partial charge on any atom is -0.468 e. The molecule has 0 aromatic heterocycles. The highest BCUT2D eigenvalue weighted by molar-refractivity contribution is 6.05. The van der Waals surface area contributed by atoms with Crippen LogP contribution in [0.5, 0.6) is 0 Å². The molecule has 1 aromatic rings. The number of methoxy groups -OCH3 is 3. The Balaban J connectivity index is 2.67. The first kappa shape index (κ1) is 18.7. The second-order valence-corrected chi connectivity index (χ2v) is 5.81. The Morgan fingerprint density at radius 2 is 1.56 bits per heavy atom. The molecule has 0 N–H and O–H groups in total. The summed E-state index contributed by atoms with van der Waals surface area (Å²) in [6, 6.07) is 8.91. The maximum atomic E-state index is 12.6. The summed E-state index contributed by atoms with van der Waals surface area (Å²) in [5.74, 6) is -2.88. The summed E-state index contributed by atoms with van der Waals surface area (Å²) in [6.07, 6.45) is 3.23. The summed E-state index contributed by atoms with van der Waals surface area (Å²) in [5, 5.41) is 0. The van der Waals surface area contributed by atoms with Crippen molar-refractivity contribution in [3.8, 4) is 0 Å². The number of esters is 3. The molecule has 134 valence electrons. The number of benzene rings is 1. The molecule has 0 saturated carbocycles. The summed E-state index contributed by atoms with van der Waals surface area (Å²) in [4.78, 5) is 37.8. The first-order valence-electron chi connectivity index (χ1n) is 8.03. The van der Waals surface area contributed by atoms with Gasteiger partial charge in [-0.3, -0.25) is 14.4 Å². The molecule has 25 heavy (non-hydrogen) atoms. The smallest absolute Gasteiger partial charge is 0.327 e. The van der Waals surface area contributed by atoms with Gasteiger partial charge in [0.05, 0.1) is 21.3 Å². The fraction of sp³-hybridized carbons (Fsp3) is 0.421. The minimum atomic E-state index is -1.64. The van der Waals surface area contributed by atoms with Gasteiger partial charge in [0.25, 0.3) is 0 Å². The van der Waals surface area contributed by atoms with Crippen molar-refractivity contribution in [2.45, 2.75) is 25.2 Å². The first-order valence-corrected chi connectivity index (χ1v) is 8.03. The third-order valence-electron chi connectivity index (χ3n) is 4.56. The van der Waals surface area contributed by atoms with Gasteiger partial charge in [-0.05, 0) is 30.4 Å². The van der Waals surface area contributed by atoms with Gasteiger partial charge in [0.15, 0.2) is 5.41 Å². The molecule has 1 aromatic carbocycles. The average Bonchev–Trinajstić information content (AvgIpc) is 2.67. The van der Waals surface area contributed by atoms with E-state index >= 15 is 0 Å².